The summed E-state index contributed by atoms with van der Waals surface area (Å²) >= 11 is 12.0. The van der Waals surface area contributed by atoms with E-state index in [-0.39, 0.29) is 32.6 Å². The second-order valence-electron chi connectivity index (χ2n) is 7.20. The molecule has 0 fully saturated rings. The van der Waals surface area contributed by atoms with E-state index in [0.29, 0.717) is 4.68 Å². The first kappa shape index (κ1) is 25.2. The first-order valence-electron chi connectivity index (χ1n) is 9.55. The molecule has 0 aliphatic rings. The summed E-state index contributed by atoms with van der Waals surface area (Å²) in [6.45, 7) is -0.808. The third kappa shape index (κ3) is 5.20. The van der Waals surface area contributed by atoms with Gasteiger partial charge >= 0.3 is 6.18 Å². The van der Waals surface area contributed by atoms with Crippen LogP contribution in [0.3, 0.4) is 0 Å². The summed E-state index contributed by atoms with van der Waals surface area (Å²) in [4.78, 5) is 0. The molecule has 2 heterocycles. The second kappa shape index (κ2) is 9.26. The molecule has 0 bridgehead atoms. The van der Waals surface area contributed by atoms with Gasteiger partial charge in [0.25, 0.3) is 10.1 Å². The van der Waals surface area contributed by atoms with E-state index >= 15 is 0 Å². The van der Waals surface area contributed by atoms with Gasteiger partial charge in [0.15, 0.2) is 11.5 Å². The summed E-state index contributed by atoms with van der Waals surface area (Å²) in [6, 6.07) is 9.23. The van der Waals surface area contributed by atoms with Gasteiger partial charge < -0.3 is 4.52 Å². The lowest BCUT2D eigenvalue weighted by molar-refractivity contribution is -0.142. The lowest BCUT2D eigenvalue weighted by atomic mass is 10.0. The van der Waals surface area contributed by atoms with Crippen LogP contribution >= 0.6 is 23.2 Å². The average molecular weight is 550 g/mol. The minimum atomic E-state index is -4.95. The smallest absolute Gasteiger partial charge is 0.355 e. The third-order valence-electron chi connectivity index (χ3n) is 4.74. The molecule has 4 rings (SSSR count). The maximum Gasteiger partial charge on any atom is 0.434 e. The van der Waals surface area contributed by atoms with Crippen molar-refractivity contribution in [2.45, 2.75) is 12.8 Å². The molecule has 35 heavy (non-hydrogen) atoms. The van der Waals surface area contributed by atoms with Crippen molar-refractivity contribution in [1.29, 1.82) is 0 Å². The Labute approximate surface area is 205 Å². The summed E-state index contributed by atoms with van der Waals surface area (Å²) in [5.41, 5.74) is -2.75. The number of halogens is 6. The van der Waals surface area contributed by atoms with Crippen molar-refractivity contribution in [2.75, 3.05) is 6.26 Å². The van der Waals surface area contributed by atoms with Crippen LogP contribution in [0.15, 0.2) is 53.2 Å². The number of benzene rings is 2. The molecule has 0 saturated carbocycles. The van der Waals surface area contributed by atoms with Gasteiger partial charge in [0.1, 0.15) is 11.5 Å². The Hall–Kier alpha value is -2.93. The Morgan fingerprint density at radius 2 is 1.86 bits per heavy atom. The molecule has 0 amide bonds. The molecule has 7 nitrogen and oxygen atoms in total. The highest BCUT2D eigenvalue weighted by Crippen LogP contribution is 2.43. The van der Waals surface area contributed by atoms with Gasteiger partial charge in [-0.25, -0.2) is 9.07 Å². The Morgan fingerprint density at radius 1 is 1.14 bits per heavy atom. The number of hydrogen-bond donors (Lipinski definition) is 0. The molecule has 0 spiro atoms. The number of aromatic nitrogens is 3. The quantitative estimate of drug-likeness (QED) is 0.212. The predicted octanol–water partition coefficient (Wildman–Crippen LogP) is 6.14. The Bertz CT molecular complexity index is 1500. The summed E-state index contributed by atoms with van der Waals surface area (Å²) < 4.78 is 91.1. The highest BCUT2D eigenvalue weighted by atomic mass is 35.5. The Kier molecular flexibility index (Phi) is 6.66. The molecule has 2 aromatic heterocycles. The van der Waals surface area contributed by atoms with Crippen LogP contribution in [0, 0.1) is 5.82 Å². The van der Waals surface area contributed by atoms with Crippen LogP contribution in [0.4, 0.5) is 17.6 Å². The van der Waals surface area contributed by atoms with Gasteiger partial charge in [0, 0.05) is 5.02 Å². The van der Waals surface area contributed by atoms with Crippen molar-refractivity contribution in [2.24, 2.45) is 0 Å². The van der Waals surface area contributed by atoms with E-state index in [2.05, 4.69) is 10.3 Å². The van der Waals surface area contributed by atoms with Gasteiger partial charge in [-0.05, 0) is 30.3 Å². The molecule has 4 aromatic rings. The number of rotatable bonds is 6. The lowest BCUT2D eigenvalue weighted by Gasteiger charge is -2.13. The Balaban J connectivity index is 1.98. The summed E-state index contributed by atoms with van der Waals surface area (Å²) in [7, 11) is -4.05. The zero-order valence-electron chi connectivity index (χ0n) is 17.5. The van der Waals surface area contributed by atoms with E-state index in [1.165, 1.54) is 36.4 Å². The molecule has 0 saturated heterocycles. The molecule has 0 unspecified atom stereocenters. The first-order chi connectivity index (χ1) is 16.4. The molecular formula is C21H13Cl2F4N3O4S. The monoisotopic (exact) mass is 549 g/mol. The second-order valence-corrected chi connectivity index (χ2v) is 9.69. The van der Waals surface area contributed by atoms with Crippen molar-refractivity contribution in [3.8, 4) is 28.3 Å². The number of alkyl halides is 3. The van der Waals surface area contributed by atoms with Crippen LogP contribution in [-0.2, 0) is 27.1 Å². The van der Waals surface area contributed by atoms with Crippen molar-refractivity contribution in [3.05, 3.63) is 75.8 Å². The van der Waals surface area contributed by atoms with Crippen molar-refractivity contribution in [3.63, 3.8) is 0 Å². The van der Waals surface area contributed by atoms with E-state index < -0.39 is 45.7 Å². The molecule has 184 valence electrons. The fourth-order valence-corrected chi connectivity index (χ4v) is 4.10. The molecule has 2 aromatic carbocycles. The Morgan fingerprint density at radius 3 is 2.49 bits per heavy atom. The van der Waals surface area contributed by atoms with Crippen LogP contribution in [0.1, 0.15) is 11.3 Å². The van der Waals surface area contributed by atoms with Gasteiger partial charge in [0.2, 0.25) is 0 Å². The maximum absolute atomic E-state index is 14.6. The molecule has 0 N–H and O–H groups in total. The zero-order chi connectivity index (χ0) is 25.5. The minimum absolute atomic E-state index is 0.00176. The summed E-state index contributed by atoms with van der Waals surface area (Å²) in [5, 5.41) is 7.58. The molecule has 14 heteroatoms. The third-order valence-corrected chi connectivity index (χ3v) is 5.84. The van der Waals surface area contributed by atoms with Crippen molar-refractivity contribution >= 4 is 33.3 Å². The van der Waals surface area contributed by atoms with Crippen LogP contribution in [0.2, 0.25) is 10.0 Å². The minimum Gasteiger partial charge on any atom is -0.355 e. The van der Waals surface area contributed by atoms with Crippen LogP contribution in [0.5, 0.6) is 0 Å². The van der Waals surface area contributed by atoms with E-state index in [0.717, 1.165) is 18.5 Å². The van der Waals surface area contributed by atoms with Gasteiger partial charge in [-0.15, -0.1) is 0 Å². The van der Waals surface area contributed by atoms with E-state index in [1.54, 1.807) is 0 Å². The normalized spacial score (nSPS) is 12.3. The van der Waals surface area contributed by atoms with Crippen molar-refractivity contribution in [1.82, 2.24) is 14.9 Å². The standard InChI is InChI=1S/C21H13Cl2F4N3O4S/c1-35(31,32)33-10-14-18(17-15(23)6-3-7-16(17)24)29-34-19(14)13-9-28-30(20(13)21(25,26)27)12-5-2-4-11(22)8-12/h2-9H,10H2,1H3. The molecule has 0 aliphatic carbocycles. The highest BCUT2D eigenvalue weighted by Gasteiger charge is 2.41. The van der Waals surface area contributed by atoms with Gasteiger partial charge in [-0.2, -0.15) is 26.7 Å². The van der Waals surface area contributed by atoms with Crippen LogP contribution in [-0.4, -0.2) is 29.6 Å². The van der Waals surface area contributed by atoms with E-state index in [4.69, 9.17) is 31.9 Å². The van der Waals surface area contributed by atoms with Crippen molar-refractivity contribution < 1.29 is 34.7 Å². The fraction of sp³-hybridized carbons (Fsp3) is 0.143. The lowest BCUT2D eigenvalue weighted by Crippen LogP contribution is -2.14. The molecule has 0 aliphatic heterocycles. The fourth-order valence-electron chi connectivity index (χ4n) is 3.33. The number of hydrogen-bond acceptors (Lipinski definition) is 6. The van der Waals surface area contributed by atoms with Crippen LogP contribution < -0.4 is 0 Å². The number of nitrogens with zero attached hydrogens (tertiary/aromatic N) is 3. The summed E-state index contributed by atoms with van der Waals surface area (Å²) in [6.07, 6.45) is -3.35. The molecule has 0 atom stereocenters. The largest absolute Gasteiger partial charge is 0.434 e. The summed E-state index contributed by atoms with van der Waals surface area (Å²) in [5.74, 6) is -1.38. The zero-order valence-corrected chi connectivity index (χ0v) is 19.8. The van der Waals surface area contributed by atoms with E-state index in [1.807, 2.05) is 0 Å². The first-order valence-corrected chi connectivity index (χ1v) is 12.1. The maximum atomic E-state index is 14.6. The van der Waals surface area contributed by atoms with Gasteiger partial charge in [0.05, 0.1) is 46.5 Å². The van der Waals surface area contributed by atoms with Gasteiger partial charge in [-0.1, -0.05) is 40.5 Å². The predicted molar refractivity (Wildman–Crippen MR) is 119 cm³/mol. The average Bonchev–Trinajstić information content (AvgIpc) is 3.36. The van der Waals surface area contributed by atoms with Crippen LogP contribution in [0.25, 0.3) is 28.3 Å². The SMILES string of the molecule is CS(=O)(=O)OCc1c(-c2c(F)cccc2Cl)noc1-c1cnn(-c2cccc(Cl)c2)c1C(F)(F)F. The van der Waals surface area contributed by atoms with E-state index in [9.17, 15) is 26.0 Å². The highest BCUT2D eigenvalue weighted by molar-refractivity contribution is 7.85. The molecular weight excluding hydrogens is 537 g/mol. The molecule has 0 radical (unpaired) electrons. The topological polar surface area (TPSA) is 87.2 Å². The van der Waals surface area contributed by atoms with Gasteiger partial charge in [-0.3, -0.25) is 4.18 Å².